The fourth-order valence-corrected chi connectivity index (χ4v) is 2.62. The lowest BCUT2D eigenvalue weighted by molar-refractivity contribution is 0.171. The molecule has 0 aliphatic heterocycles. The van der Waals surface area contributed by atoms with Crippen molar-refractivity contribution in [3.63, 3.8) is 0 Å². The van der Waals surface area contributed by atoms with E-state index in [1.54, 1.807) is 0 Å². The minimum Gasteiger partial charge on any atom is -0.394 e. The number of aryl methyl sites for hydroxylation is 1. The summed E-state index contributed by atoms with van der Waals surface area (Å²) in [6, 6.07) is 9.99. The molecule has 0 saturated heterocycles. The van der Waals surface area contributed by atoms with Gasteiger partial charge in [-0.3, -0.25) is 4.68 Å². The van der Waals surface area contributed by atoms with Gasteiger partial charge < -0.3 is 15.5 Å². The van der Waals surface area contributed by atoms with Gasteiger partial charge in [0.2, 0.25) is 0 Å². The largest absolute Gasteiger partial charge is 0.394 e. The number of aliphatic hydroxyl groups is 2. The number of nitrogens with zero attached hydrogens (tertiary/aromatic N) is 2. The molecule has 1 unspecified atom stereocenters. The molecule has 0 bridgehead atoms. The van der Waals surface area contributed by atoms with E-state index in [4.69, 9.17) is 5.11 Å². The summed E-state index contributed by atoms with van der Waals surface area (Å²) in [7, 11) is 0. The van der Waals surface area contributed by atoms with Gasteiger partial charge in [0.25, 0.3) is 0 Å². The summed E-state index contributed by atoms with van der Waals surface area (Å²) in [6.07, 6.45) is 0.241. The predicted octanol–water partition coefficient (Wildman–Crippen LogP) is 1.19. The van der Waals surface area contributed by atoms with E-state index >= 15 is 0 Å². The van der Waals surface area contributed by atoms with Gasteiger partial charge in [-0.05, 0) is 25.8 Å². The Hall–Kier alpha value is -1.69. The molecule has 1 aromatic carbocycles. The van der Waals surface area contributed by atoms with Crippen LogP contribution in [0.4, 0.5) is 0 Å². The van der Waals surface area contributed by atoms with E-state index in [0.29, 0.717) is 26.1 Å². The summed E-state index contributed by atoms with van der Waals surface area (Å²) < 4.78 is 1.83. The molecule has 120 valence electrons. The molecule has 0 amide bonds. The van der Waals surface area contributed by atoms with Crippen molar-refractivity contribution in [2.45, 2.75) is 39.5 Å². The zero-order valence-corrected chi connectivity index (χ0v) is 13.3. The van der Waals surface area contributed by atoms with Crippen LogP contribution < -0.4 is 5.32 Å². The molecular formula is C17H25N3O2. The monoisotopic (exact) mass is 303 g/mol. The summed E-state index contributed by atoms with van der Waals surface area (Å²) >= 11 is 0. The molecule has 3 N–H and O–H groups in total. The Morgan fingerprint density at radius 3 is 2.64 bits per heavy atom. The van der Waals surface area contributed by atoms with Gasteiger partial charge in [0.1, 0.15) is 0 Å². The Balaban J connectivity index is 1.83. The maximum atomic E-state index is 10.1. The lowest BCUT2D eigenvalue weighted by atomic mass is 10.1. The summed E-state index contributed by atoms with van der Waals surface area (Å²) in [6.45, 7) is 5.80. The quantitative estimate of drug-likeness (QED) is 0.685. The molecule has 0 saturated carbocycles. The van der Waals surface area contributed by atoms with Gasteiger partial charge in [-0.15, -0.1) is 0 Å². The van der Waals surface area contributed by atoms with Crippen molar-refractivity contribution in [1.29, 1.82) is 0 Å². The lowest BCUT2D eigenvalue weighted by Crippen LogP contribution is -2.28. The van der Waals surface area contributed by atoms with E-state index in [1.807, 2.05) is 48.9 Å². The molecule has 5 nitrogen and oxygen atoms in total. The van der Waals surface area contributed by atoms with Crippen molar-refractivity contribution >= 4 is 0 Å². The molecule has 2 aromatic rings. The minimum absolute atomic E-state index is 0.0879. The fraction of sp³-hybridized carbons (Fsp3) is 0.471. The smallest absolute Gasteiger partial charge is 0.0704 e. The van der Waals surface area contributed by atoms with E-state index < -0.39 is 6.10 Å². The SMILES string of the molecule is Cc1nn(CCO)c(C)c1CNCC(O)Cc1ccccc1. The molecule has 1 aromatic heterocycles. The average molecular weight is 303 g/mol. The minimum atomic E-state index is -0.407. The molecule has 0 radical (unpaired) electrons. The van der Waals surface area contributed by atoms with E-state index in [-0.39, 0.29) is 6.61 Å². The molecule has 0 aliphatic carbocycles. The van der Waals surface area contributed by atoms with Crippen molar-refractivity contribution in [3.05, 3.63) is 52.8 Å². The highest BCUT2D eigenvalue weighted by Gasteiger charge is 2.11. The van der Waals surface area contributed by atoms with Gasteiger partial charge in [0, 0.05) is 24.3 Å². The van der Waals surface area contributed by atoms with Gasteiger partial charge >= 0.3 is 0 Å². The van der Waals surface area contributed by atoms with E-state index in [0.717, 1.165) is 22.5 Å². The number of aliphatic hydroxyl groups excluding tert-OH is 2. The van der Waals surface area contributed by atoms with Crippen LogP contribution in [0, 0.1) is 13.8 Å². The van der Waals surface area contributed by atoms with Crippen molar-refractivity contribution in [1.82, 2.24) is 15.1 Å². The Bertz CT molecular complexity index is 581. The molecule has 22 heavy (non-hydrogen) atoms. The second-order valence-electron chi connectivity index (χ2n) is 5.57. The van der Waals surface area contributed by atoms with Crippen LogP contribution in [0.5, 0.6) is 0 Å². The molecule has 2 rings (SSSR count). The van der Waals surface area contributed by atoms with E-state index in [9.17, 15) is 5.11 Å². The first kappa shape index (κ1) is 16.7. The van der Waals surface area contributed by atoms with Crippen LogP contribution in [0.3, 0.4) is 0 Å². The first-order chi connectivity index (χ1) is 10.6. The maximum Gasteiger partial charge on any atom is 0.0704 e. The number of aromatic nitrogens is 2. The van der Waals surface area contributed by atoms with Crippen LogP contribution in [0.25, 0.3) is 0 Å². The third kappa shape index (κ3) is 4.40. The summed E-state index contributed by atoms with van der Waals surface area (Å²) in [5.74, 6) is 0. The van der Waals surface area contributed by atoms with Crippen molar-refractivity contribution in [2.24, 2.45) is 0 Å². The van der Waals surface area contributed by atoms with Gasteiger partial charge in [-0.1, -0.05) is 30.3 Å². The molecule has 1 heterocycles. The third-order valence-corrected chi connectivity index (χ3v) is 3.84. The van der Waals surface area contributed by atoms with Crippen LogP contribution in [-0.2, 0) is 19.5 Å². The highest BCUT2D eigenvalue weighted by atomic mass is 16.3. The standard InChI is InChI=1S/C17H25N3O2/c1-13-17(14(2)20(19-13)8-9-21)12-18-11-16(22)10-15-6-4-3-5-7-15/h3-7,16,18,21-22H,8-12H2,1-2H3. The fourth-order valence-electron chi connectivity index (χ4n) is 2.62. The Labute approximate surface area is 131 Å². The van der Waals surface area contributed by atoms with Crippen LogP contribution in [0.1, 0.15) is 22.5 Å². The van der Waals surface area contributed by atoms with Gasteiger partial charge in [0.05, 0.1) is 24.9 Å². The molecular weight excluding hydrogens is 278 g/mol. The molecule has 1 atom stereocenters. The molecule has 0 aliphatic rings. The lowest BCUT2D eigenvalue weighted by Gasteiger charge is -2.12. The van der Waals surface area contributed by atoms with Crippen molar-refractivity contribution < 1.29 is 10.2 Å². The van der Waals surface area contributed by atoms with Crippen LogP contribution in [0.15, 0.2) is 30.3 Å². The van der Waals surface area contributed by atoms with E-state index in [2.05, 4.69) is 10.4 Å². The zero-order chi connectivity index (χ0) is 15.9. The predicted molar refractivity (Wildman–Crippen MR) is 86.6 cm³/mol. The van der Waals surface area contributed by atoms with Gasteiger partial charge in [-0.25, -0.2) is 0 Å². The van der Waals surface area contributed by atoms with Crippen LogP contribution in [0.2, 0.25) is 0 Å². The number of hydrogen-bond acceptors (Lipinski definition) is 4. The highest BCUT2D eigenvalue weighted by Crippen LogP contribution is 2.12. The Kier molecular flexibility index (Phi) is 6.12. The molecule has 5 heteroatoms. The second kappa shape index (κ2) is 8.08. The number of hydrogen-bond donors (Lipinski definition) is 3. The highest BCUT2D eigenvalue weighted by molar-refractivity contribution is 5.24. The van der Waals surface area contributed by atoms with Gasteiger partial charge in [0.15, 0.2) is 0 Å². The Morgan fingerprint density at radius 1 is 1.23 bits per heavy atom. The van der Waals surface area contributed by atoms with E-state index in [1.165, 1.54) is 0 Å². The van der Waals surface area contributed by atoms with Gasteiger partial charge in [-0.2, -0.15) is 5.10 Å². The second-order valence-corrected chi connectivity index (χ2v) is 5.57. The van der Waals surface area contributed by atoms with Crippen LogP contribution in [-0.4, -0.2) is 39.2 Å². The first-order valence-corrected chi connectivity index (χ1v) is 7.68. The molecule has 0 spiro atoms. The summed E-state index contributed by atoms with van der Waals surface area (Å²) in [4.78, 5) is 0. The van der Waals surface area contributed by atoms with Crippen LogP contribution >= 0.6 is 0 Å². The van der Waals surface area contributed by atoms with Crippen molar-refractivity contribution in [3.8, 4) is 0 Å². The first-order valence-electron chi connectivity index (χ1n) is 7.68. The van der Waals surface area contributed by atoms with Crippen molar-refractivity contribution in [2.75, 3.05) is 13.2 Å². The average Bonchev–Trinajstić information content (AvgIpc) is 2.76. The number of nitrogens with one attached hydrogen (secondary N) is 1. The maximum absolute atomic E-state index is 10.1. The zero-order valence-electron chi connectivity index (χ0n) is 13.3. The summed E-state index contributed by atoms with van der Waals surface area (Å²) in [5, 5.41) is 26.8. The number of rotatable bonds is 8. The molecule has 0 fully saturated rings. The third-order valence-electron chi connectivity index (χ3n) is 3.84. The summed E-state index contributed by atoms with van der Waals surface area (Å²) in [5.41, 5.74) is 4.31. The normalized spacial score (nSPS) is 12.5. The Morgan fingerprint density at radius 2 is 1.95 bits per heavy atom. The number of benzene rings is 1. The topological polar surface area (TPSA) is 70.3 Å².